The van der Waals surface area contributed by atoms with Crippen molar-refractivity contribution in [1.29, 1.82) is 0 Å². The minimum Gasteiger partial charge on any atom is -0.450 e. The van der Waals surface area contributed by atoms with Gasteiger partial charge in [-0.2, -0.15) is 0 Å². The van der Waals surface area contributed by atoms with Gasteiger partial charge in [-0.05, 0) is 39.2 Å². The minimum atomic E-state index is -0.230. The number of ether oxygens (including phenoxy) is 1. The number of carbonyl (C=O) groups excluding carboxylic acids is 2. The molecule has 1 N–H and O–H groups in total. The van der Waals surface area contributed by atoms with Crippen molar-refractivity contribution in [2.24, 2.45) is 0 Å². The fourth-order valence-electron chi connectivity index (χ4n) is 3.15. The highest BCUT2D eigenvalue weighted by atomic mass is 16.6. The first kappa shape index (κ1) is 16.1. The Balaban J connectivity index is 1.80. The minimum absolute atomic E-state index is 0.00645. The van der Waals surface area contributed by atoms with Crippen LogP contribution in [0.15, 0.2) is 0 Å². The number of amides is 2. The molecule has 0 spiro atoms. The number of rotatable bonds is 5. The van der Waals surface area contributed by atoms with E-state index in [0.717, 1.165) is 38.8 Å². The van der Waals surface area contributed by atoms with Gasteiger partial charge in [0, 0.05) is 25.7 Å². The van der Waals surface area contributed by atoms with Gasteiger partial charge in [0.2, 0.25) is 5.91 Å². The first-order valence-corrected chi connectivity index (χ1v) is 8.13. The van der Waals surface area contributed by atoms with Crippen LogP contribution in [0.1, 0.15) is 39.5 Å². The topological polar surface area (TPSA) is 61.9 Å². The van der Waals surface area contributed by atoms with Crippen LogP contribution in [0.5, 0.6) is 0 Å². The number of nitrogens with one attached hydrogen (secondary N) is 1. The second-order valence-electron chi connectivity index (χ2n) is 5.74. The molecule has 1 unspecified atom stereocenters. The van der Waals surface area contributed by atoms with Crippen LogP contribution in [-0.4, -0.2) is 66.7 Å². The van der Waals surface area contributed by atoms with E-state index in [1.807, 2.05) is 11.8 Å². The van der Waals surface area contributed by atoms with E-state index in [0.29, 0.717) is 19.7 Å². The average molecular weight is 297 g/mol. The maximum Gasteiger partial charge on any atom is 0.409 e. The van der Waals surface area contributed by atoms with Crippen LogP contribution >= 0.6 is 0 Å². The molecule has 0 radical (unpaired) electrons. The van der Waals surface area contributed by atoms with Gasteiger partial charge < -0.3 is 19.9 Å². The standard InChI is InChI=1S/C15H27N3O3/c1-3-8-16-13-7-11-18(14(13)19)12-5-9-17(10-6-12)15(20)21-4-2/h12-13,16H,3-11H2,1-2H3. The Morgan fingerprint density at radius 2 is 1.95 bits per heavy atom. The summed E-state index contributed by atoms with van der Waals surface area (Å²) in [5, 5.41) is 3.32. The zero-order valence-corrected chi connectivity index (χ0v) is 13.1. The van der Waals surface area contributed by atoms with Gasteiger partial charge in [0.1, 0.15) is 0 Å². The summed E-state index contributed by atoms with van der Waals surface area (Å²) in [6.45, 7) is 7.43. The highest BCUT2D eigenvalue weighted by molar-refractivity contribution is 5.84. The van der Waals surface area contributed by atoms with Gasteiger partial charge in [-0.3, -0.25) is 4.79 Å². The smallest absolute Gasteiger partial charge is 0.409 e. The largest absolute Gasteiger partial charge is 0.450 e. The van der Waals surface area contributed by atoms with E-state index >= 15 is 0 Å². The Bertz CT molecular complexity index is 367. The number of hydrogen-bond acceptors (Lipinski definition) is 4. The van der Waals surface area contributed by atoms with Crippen LogP contribution in [0, 0.1) is 0 Å². The summed E-state index contributed by atoms with van der Waals surface area (Å²) in [5.41, 5.74) is 0. The van der Waals surface area contributed by atoms with Gasteiger partial charge >= 0.3 is 6.09 Å². The molecular formula is C15H27N3O3. The number of hydrogen-bond donors (Lipinski definition) is 1. The molecule has 2 aliphatic heterocycles. The third kappa shape index (κ3) is 3.87. The summed E-state index contributed by atoms with van der Waals surface area (Å²) in [6.07, 6.45) is 3.42. The maximum atomic E-state index is 12.4. The molecule has 1 atom stereocenters. The quantitative estimate of drug-likeness (QED) is 0.828. The second kappa shape index (κ2) is 7.64. The normalized spacial score (nSPS) is 23.7. The van der Waals surface area contributed by atoms with Crippen molar-refractivity contribution in [3.8, 4) is 0 Å². The molecular weight excluding hydrogens is 270 g/mol. The van der Waals surface area contributed by atoms with Crippen molar-refractivity contribution < 1.29 is 14.3 Å². The summed E-state index contributed by atoms with van der Waals surface area (Å²) < 4.78 is 5.02. The predicted octanol–water partition coefficient (Wildman–Crippen LogP) is 1.21. The van der Waals surface area contributed by atoms with Crippen molar-refractivity contribution in [3.63, 3.8) is 0 Å². The molecule has 21 heavy (non-hydrogen) atoms. The van der Waals surface area contributed by atoms with E-state index in [1.54, 1.807) is 4.90 Å². The van der Waals surface area contributed by atoms with Gasteiger partial charge in [-0.1, -0.05) is 6.92 Å². The highest BCUT2D eigenvalue weighted by Crippen LogP contribution is 2.22. The first-order valence-electron chi connectivity index (χ1n) is 8.13. The van der Waals surface area contributed by atoms with E-state index in [4.69, 9.17) is 4.74 Å². The van der Waals surface area contributed by atoms with Crippen LogP contribution < -0.4 is 5.32 Å². The molecule has 2 saturated heterocycles. The molecule has 0 aromatic rings. The molecule has 0 aromatic heterocycles. The fourth-order valence-corrected chi connectivity index (χ4v) is 3.15. The van der Waals surface area contributed by atoms with Crippen molar-refractivity contribution in [2.75, 3.05) is 32.8 Å². The molecule has 120 valence electrons. The van der Waals surface area contributed by atoms with Crippen LogP contribution in [0.3, 0.4) is 0 Å². The van der Waals surface area contributed by atoms with Gasteiger partial charge in [-0.25, -0.2) is 4.79 Å². The third-order valence-corrected chi connectivity index (χ3v) is 4.31. The lowest BCUT2D eigenvalue weighted by Crippen LogP contribution is -2.49. The summed E-state index contributed by atoms with van der Waals surface area (Å²) in [6, 6.07) is 0.268. The van der Waals surface area contributed by atoms with E-state index in [2.05, 4.69) is 12.2 Å². The lowest BCUT2D eigenvalue weighted by Gasteiger charge is -2.36. The molecule has 2 aliphatic rings. The number of carbonyl (C=O) groups is 2. The lowest BCUT2D eigenvalue weighted by molar-refractivity contribution is -0.132. The summed E-state index contributed by atoms with van der Waals surface area (Å²) in [5.74, 6) is 0.234. The Morgan fingerprint density at radius 1 is 1.24 bits per heavy atom. The first-order chi connectivity index (χ1) is 10.2. The Hall–Kier alpha value is -1.30. The van der Waals surface area contributed by atoms with Crippen LogP contribution in [0.25, 0.3) is 0 Å². The van der Waals surface area contributed by atoms with E-state index < -0.39 is 0 Å². The van der Waals surface area contributed by atoms with Crippen molar-refractivity contribution in [1.82, 2.24) is 15.1 Å². The monoisotopic (exact) mass is 297 g/mol. The second-order valence-corrected chi connectivity index (χ2v) is 5.74. The van der Waals surface area contributed by atoms with Gasteiger partial charge in [-0.15, -0.1) is 0 Å². The molecule has 6 nitrogen and oxygen atoms in total. The summed E-state index contributed by atoms with van der Waals surface area (Å²) >= 11 is 0. The molecule has 0 aliphatic carbocycles. The summed E-state index contributed by atoms with van der Waals surface area (Å²) in [4.78, 5) is 27.8. The van der Waals surface area contributed by atoms with Crippen LogP contribution in [0.4, 0.5) is 4.79 Å². The van der Waals surface area contributed by atoms with Crippen LogP contribution in [0.2, 0.25) is 0 Å². The van der Waals surface area contributed by atoms with Crippen molar-refractivity contribution in [2.45, 2.75) is 51.6 Å². The SMILES string of the molecule is CCCNC1CCN(C2CCN(C(=O)OCC)CC2)C1=O. The molecule has 2 fully saturated rings. The van der Waals surface area contributed by atoms with Gasteiger partial charge in [0.25, 0.3) is 0 Å². The Kier molecular flexibility index (Phi) is 5.85. The lowest BCUT2D eigenvalue weighted by atomic mass is 10.0. The zero-order chi connectivity index (χ0) is 15.2. The fraction of sp³-hybridized carbons (Fsp3) is 0.867. The van der Waals surface area contributed by atoms with E-state index in [-0.39, 0.29) is 24.1 Å². The zero-order valence-electron chi connectivity index (χ0n) is 13.1. The van der Waals surface area contributed by atoms with Gasteiger partial charge in [0.15, 0.2) is 0 Å². The van der Waals surface area contributed by atoms with Crippen molar-refractivity contribution in [3.05, 3.63) is 0 Å². The molecule has 0 aromatic carbocycles. The summed E-state index contributed by atoms with van der Waals surface area (Å²) in [7, 11) is 0. The highest BCUT2D eigenvalue weighted by Gasteiger charge is 2.37. The Labute approximate surface area is 126 Å². The molecule has 2 amide bonds. The maximum absolute atomic E-state index is 12.4. The molecule has 2 rings (SSSR count). The third-order valence-electron chi connectivity index (χ3n) is 4.31. The number of piperidine rings is 1. The Morgan fingerprint density at radius 3 is 2.57 bits per heavy atom. The number of likely N-dealkylation sites (tertiary alicyclic amines) is 2. The predicted molar refractivity (Wildman–Crippen MR) is 80.0 cm³/mol. The van der Waals surface area contributed by atoms with E-state index in [1.165, 1.54) is 0 Å². The van der Waals surface area contributed by atoms with E-state index in [9.17, 15) is 9.59 Å². The van der Waals surface area contributed by atoms with Crippen LogP contribution in [-0.2, 0) is 9.53 Å². The molecule has 0 saturated carbocycles. The average Bonchev–Trinajstić information content (AvgIpc) is 2.86. The molecule has 0 bridgehead atoms. The van der Waals surface area contributed by atoms with Gasteiger partial charge in [0.05, 0.1) is 12.6 Å². The molecule has 2 heterocycles. The van der Waals surface area contributed by atoms with Crippen molar-refractivity contribution >= 4 is 12.0 Å². The molecule has 6 heteroatoms. The number of nitrogens with zero attached hydrogens (tertiary/aromatic N) is 2.